The van der Waals surface area contributed by atoms with Gasteiger partial charge in [0.05, 0.1) is 12.6 Å². The van der Waals surface area contributed by atoms with Gasteiger partial charge in [-0.05, 0) is 26.8 Å². The molecule has 2 aliphatic rings. The fourth-order valence-electron chi connectivity index (χ4n) is 3.60. The van der Waals surface area contributed by atoms with E-state index in [9.17, 15) is 4.79 Å². The minimum Gasteiger partial charge on any atom is -0.384 e. The molecule has 2 rings (SSSR count). The number of hydrogen-bond donors (Lipinski definition) is 1. The molecule has 5 heteroatoms. The molecule has 0 aromatic carbocycles. The monoisotopic (exact) mass is 297 g/mol. The first-order valence-electron chi connectivity index (χ1n) is 8.26. The number of carbonyl (C=O) groups is 1. The van der Waals surface area contributed by atoms with Crippen molar-refractivity contribution in [3.63, 3.8) is 0 Å². The maximum absolute atomic E-state index is 12.4. The molecular weight excluding hydrogens is 266 g/mol. The lowest BCUT2D eigenvalue weighted by Gasteiger charge is -2.36. The summed E-state index contributed by atoms with van der Waals surface area (Å²) < 4.78 is 5.38. The van der Waals surface area contributed by atoms with Gasteiger partial charge in [0.1, 0.15) is 0 Å². The van der Waals surface area contributed by atoms with Gasteiger partial charge in [-0.25, -0.2) is 0 Å². The fourth-order valence-corrected chi connectivity index (χ4v) is 3.60. The number of nitrogens with one attached hydrogen (secondary N) is 1. The van der Waals surface area contributed by atoms with Crippen LogP contribution in [0.15, 0.2) is 0 Å². The molecule has 2 fully saturated rings. The minimum absolute atomic E-state index is 0.0281. The maximum Gasteiger partial charge on any atom is 0.237 e. The fraction of sp³-hybridized carbons (Fsp3) is 0.938. The summed E-state index contributed by atoms with van der Waals surface area (Å²) in [4.78, 5) is 17.0. The van der Waals surface area contributed by atoms with Gasteiger partial charge in [0, 0.05) is 45.2 Å². The summed E-state index contributed by atoms with van der Waals surface area (Å²) in [5.41, 5.74) is 0.173. The summed E-state index contributed by atoms with van der Waals surface area (Å²) in [6.07, 6.45) is 4.86. The first-order chi connectivity index (χ1) is 10.1. The van der Waals surface area contributed by atoms with E-state index in [4.69, 9.17) is 4.74 Å². The first-order valence-corrected chi connectivity index (χ1v) is 8.26. The Morgan fingerprint density at radius 3 is 2.43 bits per heavy atom. The van der Waals surface area contributed by atoms with E-state index < -0.39 is 0 Å². The first kappa shape index (κ1) is 16.7. The molecule has 21 heavy (non-hydrogen) atoms. The van der Waals surface area contributed by atoms with Crippen molar-refractivity contribution >= 4 is 5.91 Å². The van der Waals surface area contributed by atoms with Crippen LogP contribution in [0, 0.1) is 5.41 Å². The van der Waals surface area contributed by atoms with E-state index in [-0.39, 0.29) is 17.4 Å². The summed E-state index contributed by atoms with van der Waals surface area (Å²) in [6, 6.07) is -0.0281. The number of hydrogen-bond acceptors (Lipinski definition) is 4. The number of likely N-dealkylation sites (N-methyl/N-ethyl adjacent to an activating group) is 1. The highest BCUT2D eigenvalue weighted by Gasteiger charge is 2.35. The maximum atomic E-state index is 12.4. The molecule has 1 saturated heterocycles. The van der Waals surface area contributed by atoms with E-state index >= 15 is 0 Å². The Morgan fingerprint density at radius 1 is 1.24 bits per heavy atom. The van der Waals surface area contributed by atoms with Crippen molar-refractivity contribution in [2.75, 3.05) is 53.5 Å². The smallest absolute Gasteiger partial charge is 0.237 e. The molecule has 1 heterocycles. The summed E-state index contributed by atoms with van der Waals surface area (Å²) in [6.45, 7) is 7.60. The largest absolute Gasteiger partial charge is 0.384 e. The molecule has 1 unspecified atom stereocenters. The summed E-state index contributed by atoms with van der Waals surface area (Å²) in [5, 5.41) is 3.18. The molecule has 1 saturated carbocycles. The van der Waals surface area contributed by atoms with Crippen LogP contribution in [0.1, 0.15) is 32.6 Å². The lowest BCUT2D eigenvalue weighted by molar-refractivity contribution is -0.127. The van der Waals surface area contributed by atoms with Crippen molar-refractivity contribution in [3.05, 3.63) is 0 Å². The van der Waals surface area contributed by atoms with Crippen molar-refractivity contribution in [1.82, 2.24) is 15.1 Å². The van der Waals surface area contributed by atoms with Crippen LogP contribution in [0.5, 0.6) is 0 Å². The third kappa shape index (κ3) is 4.41. The van der Waals surface area contributed by atoms with Gasteiger partial charge in [-0.3, -0.25) is 9.69 Å². The molecule has 1 N–H and O–H groups in total. The van der Waals surface area contributed by atoms with E-state index in [2.05, 4.69) is 22.2 Å². The third-order valence-corrected chi connectivity index (χ3v) is 5.22. The molecule has 1 aliphatic heterocycles. The van der Waals surface area contributed by atoms with E-state index in [1.54, 1.807) is 7.11 Å². The highest BCUT2D eigenvalue weighted by Crippen LogP contribution is 2.37. The Labute approximate surface area is 129 Å². The second-order valence-corrected chi connectivity index (χ2v) is 6.87. The highest BCUT2D eigenvalue weighted by molar-refractivity contribution is 5.81. The summed E-state index contributed by atoms with van der Waals surface area (Å²) in [5.74, 6) is 0.168. The molecule has 1 atom stereocenters. The SMILES string of the molecule is COCC1(CNC(=O)C(C)N2CCN(C)CC2)CCCC1. The zero-order valence-corrected chi connectivity index (χ0v) is 13.9. The zero-order chi connectivity index (χ0) is 15.3. The van der Waals surface area contributed by atoms with Crippen LogP contribution in [-0.4, -0.2) is 75.2 Å². The second-order valence-electron chi connectivity index (χ2n) is 6.87. The molecule has 1 amide bonds. The number of methoxy groups -OCH3 is 1. The number of rotatable bonds is 6. The lowest BCUT2D eigenvalue weighted by Crippen LogP contribution is -2.54. The molecule has 5 nitrogen and oxygen atoms in total. The molecule has 0 aromatic heterocycles. The second kappa shape index (κ2) is 7.56. The van der Waals surface area contributed by atoms with Crippen molar-refractivity contribution in [1.29, 1.82) is 0 Å². The zero-order valence-electron chi connectivity index (χ0n) is 13.9. The van der Waals surface area contributed by atoms with Gasteiger partial charge in [0.15, 0.2) is 0 Å². The molecule has 0 bridgehead atoms. The van der Waals surface area contributed by atoms with Gasteiger partial charge in [-0.2, -0.15) is 0 Å². The van der Waals surface area contributed by atoms with E-state index in [1.807, 2.05) is 6.92 Å². The Balaban J connectivity index is 1.80. The van der Waals surface area contributed by atoms with Crippen LogP contribution in [0.25, 0.3) is 0 Å². The van der Waals surface area contributed by atoms with Crippen molar-refractivity contribution < 1.29 is 9.53 Å². The number of carbonyl (C=O) groups excluding carboxylic acids is 1. The van der Waals surface area contributed by atoms with Crippen molar-refractivity contribution in [3.8, 4) is 0 Å². The number of piperazine rings is 1. The lowest BCUT2D eigenvalue weighted by atomic mass is 9.87. The van der Waals surface area contributed by atoms with Gasteiger partial charge in [0.25, 0.3) is 0 Å². The quantitative estimate of drug-likeness (QED) is 0.793. The van der Waals surface area contributed by atoms with Crippen LogP contribution in [0.2, 0.25) is 0 Å². The van der Waals surface area contributed by atoms with Crippen molar-refractivity contribution in [2.45, 2.75) is 38.6 Å². The molecule has 122 valence electrons. The summed E-state index contributed by atoms with van der Waals surface area (Å²) >= 11 is 0. The Hall–Kier alpha value is -0.650. The van der Waals surface area contributed by atoms with Crippen LogP contribution in [-0.2, 0) is 9.53 Å². The van der Waals surface area contributed by atoms with Gasteiger partial charge < -0.3 is 15.0 Å². The van der Waals surface area contributed by atoms with Crippen LogP contribution >= 0.6 is 0 Å². The van der Waals surface area contributed by atoms with Crippen LogP contribution in [0.3, 0.4) is 0 Å². The molecule has 0 aromatic rings. The Morgan fingerprint density at radius 2 is 1.86 bits per heavy atom. The van der Waals surface area contributed by atoms with E-state index in [0.717, 1.165) is 39.3 Å². The van der Waals surface area contributed by atoms with Gasteiger partial charge >= 0.3 is 0 Å². The van der Waals surface area contributed by atoms with E-state index in [0.29, 0.717) is 0 Å². The Kier molecular flexibility index (Phi) is 6.02. The topological polar surface area (TPSA) is 44.8 Å². The van der Waals surface area contributed by atoms with Gasteiger partial charge in [0.2, 0.25) is 5.91 Å². The van der Waals surface area contributed by atoms with E-state index in [1.165, 1.54) is 25.7 Å². The summed E-state index contributed by atoms with van der Waals surface area (Å²) in [7, 11) is 3.89. The highest BCUT2D eigenvalue weighted by atomic mass is 16.5. The minimum atomic E-state index is -0.0281. The number of ether oxygens (including phenoxy) is 1. The standard InChI is InChI=1S/C16H31N3O2/c1-14(19-10-8-18(2)9-11-19)15(20)17-12-16(13-21-3)6-4-5-7-16/h14H,4-13H2,1-3H3,(H,17,20). The molecule has 0 spiro atoms. The van der Waals surface area contributed by atoms with Crippen molar-refractivity contribution in [2.24, 2.45) is 5.41 Å². The predicted molar refractivity (Wildman–Crippen MR) is 84.3 cm³/mol. The normalized spacial score (nSPS) is 24.9. The Bertz CT molecular complexity index is 334. The molecule has 1 aliphatic carbocycles. The van der Waals surface area contributed by atoms with Gasteiger partial charge in [-0.1, -0.05) is 12.8 Å². The average molecular weight is 297 g/mol. The third-order valence-electron chi connectivity index (χ3n) is 5.22. The number of amides is 1. The molecule has 0 radical (unpaired) electrons. The number of nitrogens with zero attached hydrogens (tertiary/aromatic N) is 2. The predicted octanol–water partition coefficient (Wildman–Crippen LogP) is 0.945. The van der Waals surface area contributed by atoms with Crippen LogP contribution < -0.4 is 5.32 Å². The molecular formula is C16H31N3O2. The van der Waals surface area contributed by atoms with Crippen LogP contribution in [0.4, 0.5) is 0 Å². The van der Waals surface area contributed by atoms with Gasteiger partial charge in [-0.15, -0.1) is 0 Å². The average Bonchev–Trinajstić information content (AvgIpc) is 2.94.